The summed E-state index contributed by atoms with van der Waals surface area (Å²) in [5.74, 6) is 0.630. The number of pyridine rings is 1. The molecule has 202 valence electrons. The smallest absolute Gasteiger partial charge is 0.328 e. The zero-order chi connectivity index (χ0) is 27.1. The molecule has 0 amide bonds. The lowest BCUT2D eigenvalue weighted by Gasteiger charge is -2.31. The van der Waals surface area contributed by atoms with Crippen LogP contribution in [0.4, 0.5) is 4.39 Å². The highest BCUT2D eigenvalue weighted by atomic mass is 35.5. The highest BCUT2D eigenvalue weighted by molar-refractivity contribution is 6.30. The van der Waals surface area contributed by atoms with Crippen LogP contribution in [0.1, 0.15) is 48.6 Å². The Labute approximate surface area is 225 Å². The molecule has 0 aliphatic carbocycles. The Morgan fingerprint density at radius 1 is 1.24 bits per heavy atom. The first-order valence-corrected chi connectivity index (χ1v) is 12.8. The highest BCUT2D eigenvalue weighted by Gasteiger charge is 2.24. The number of methoxy groups -OCH3 is 1. The Hall–Kier alpha value is -3.34. The van der Waals surface area contributed by atoms with Crippen molar-refractivity contribution >= 4 is 23.1 Å². The van der Waals surface area contributed by atoms with E-state index in [1.54, 1.807) is 32.2 Å². The molecule has 1 saturated heterocycles. The van der Waals surface area contributed by atoms with Crippen molar-refractivity contribution in [3.63, 3.8) is 0 Å². The summed E-state index contributed by atoms with van der Waals surface area (Å²) in [6, 6.07) is 10.2. The summed E-state index contributed by atoms with van der Waals surface area (Å²) >= 11 is 5.82. The topological polar surface area (TPSA) is 103 Å². The predicted molar refractivity (Wildman–Crippen MR) is 140 cm³/mol. The first-order valence-electron chi connectivity index (χ1n) is 12.4. The van der Waals surface area contributed by atoms with Crippen molar-refractivity contribution in [3.8, 4) is 5.88 Å². The minimum atomic E-state index is -1.02. The standard InChI is InChI=1S/C27H31ClFN5O4/c1-18(14-26(35)36)27-32-31-24(34(27)12-13-37-2)16-33-10-8-19(9-11-33)23-4-3-5-25(30-23)38-17-20-6-7-21(28)15-22(20)29/h3-7,14-15,19H,8-13,16-17H2,1-2H3,(H,35,36)/b18-14+. The number of carboxylic acids is 1. The molecule has 3 aromatic rings. The molecular formula is C27H31ClFN5O4. The molecule has 0 spiro atoms. The van der Waals surface area contributed by atoms with Gasteiger partial charge < -0.3 is 19.1 Å². The Morgan fingerprint density at radius 3 is 2.74 bits per heavy atom. The fraction of sp³-hybridized carbons (Fsp3) is 0.407. The normalized spacial score (nSPS) is 15.1. The number of hydrogen-bond acceptors (Lipinski definition) is 7. The summed E-state index contributed by atoms with van der Waals surface area (Å²) in [7, 11) is 1.62. The average molecular weight is 544 g/mol. The van der Waals surface area contributed by atoms with Crippen LogP contribution in [0.25, 0.3) is 5.57 Å². The summed E-state index contributed by atoms with van der Waals surface area (Å²) in [6.45, 7) is 5.10. The molecule has 0 bridgehead atoms. The van der Waals surface area contributed by atoms with Crippen LogP contribution >= 0.6 is 11.6 Å². The third-order valence-corrected chi connectivity index (χ3v) is 6.78. The van der Waals surface area contributed by atoms with Gasteiger partial charge in [-0.15, -0.1) is 10.2 Å². The lowest BCUT2D eigenvalue weighted by atomic mass is 9.93. The summed E-state index contributed by atoms with van der Waals surface area (Å²) < 4.78 is 27.0. The Bertz CT molecular complexity index is 1290. The van der Waals surface area contributed by atoms with Crippen molar-refractivity contribution in [2.24, 2.45) is 0 Å². The summed E-state index contributed by atoms with van der Waals surface area (Å²) in [6.07, 6.45) is 2.97. The molecule has 1 aliphatic rings. The number of aliphatic carboxylic acids is 1. The largest absolute Gasteiger partial charge is 0.478 e. The fourth-order valence-corrected chi connectivity index (χ4v) is 4.69. The number of ether oxygens (including phenoxy) is 2. The number of rotatable bonds is 11. The van der Waals surface area contributed by atoms with Gasteiger partial charge in [0.2, 0.25) is 5.88 Å². The van der Waals surface area contributed by atoms with E-state index in [4.69, 9.17) is 26.2 Å². The predicted octanol–water partition coefficient (Wildman–Crippen LogP) is 4.56. The van der Waals surface area contributed by atoms with Gasteiger partial charge >= 0.3 is 5.97 Å². The number of benzene rings is 1. The van der Waals surface area contributed by atoms with E-state index in [1.807, 2.05) is 16.7 Å². The average Bonchev–Trinajstić information content (AvgIpc) is 3.29. The second-order valence-electron chi connectivity index (χ2n) is 9.23. The van der Waals surface area contributed by atoms with E-state index in [-0.39, 0.29) is 12.5 Å². The van der Waals surface area contributed by atoms with Gasteiger partial charge in [-0.25, -0.2) is 14.2 Å². The lowest BCUT2D eigenvalue weighted by Crippen LogP contribution is -2.33. The monoisotopic (exact) mass is 543 g/mol. The van der Waals surface area contributed by atoms with E-state index in [0.29, 0.717) is 47.6 Å². The van der Waals surface area contributed by atoms with Crippen molar-refractivity contribution in [1.82, 2.24) is 24.6 Å². The van der Waals surface area contributed by atoms with E-state index in [0.717, 1.165) is 43.5 Å². The van der Waals surface area contributed by atoms with Crippen LogP contribution in [-0.2, 0) is 29.2 Å². The molecule has 0 saturated carbocycles. The van der Waals surface area contributed by atoms with Crippen LogP contribution in [0.2, 0.25) is 5.02 Å². The van der Waals surface area contributed by atoms with Gasteiger partial charge in [-0.1, -0.05) is 23.7 Å². The third kappa shape index (κ3) is 7.15. The molecule has 0 radical (unpaired) electrons. The van der Waals surface area contributed by atoms with Crippen molar-refractivity contribution in [1.29, 1.82) is 0 Å². The first-order chi connectivity index (χ1) is 18.3. The number of aromatic nitrogens is 4. The van der Waals surface area contributed by atoms with Crippen molar-refractivity contribution in [2.45, 2.75) is 45.4 Å². The highest BCUT2D eigenvalue weighted by Crippen LogP contribution is 2.29. The van der Waals surface area contributed by atoms with Gasteiger partial charge in [0.05, 0.1) is 13.2 Å². The number of carbonyl (C=O) groups is 1. The van der Waals surface area contributed by atoms with Crippen molar-refractivity contribution in [2.75, 3.05) is 26.8 Å². The Balaban J connectivity index is 1.36. The van der Waals surface area contributed by atoms with Gasteiger partial charge in [0.15, 0.2) is 5.82 Å². The van der Waals surface area contributed by atoms with E-state index >= 15 is 0 Å². The van der Waals surface area contributed by atoms with Gasteiger partial charge in [-0.3, -0.25) is 4.90 Å². The minimum Gasteiger partial charge on any atom is -0.478 e. The maximum atomic E-state index is 14.1. The molecule has 3 heterocycles. The minimum absolute atomic E-state index is 0.0742. The molecule has 11 heteroatoms. The number of piperidine rings is 1. The zero-order valence-electron chi connectivity index (χ0n) is 21.4. The number of carboxylic acid groups (broad SMARTS) is 1. The fourth-order valence-electron chi connectivity index (χ4n) is 4.53. The van der Waals surface area contributed by atoms with Crippen molar-refractivity contribution in [3.05, 3.63) is 76.2 Å². The van der Waals surface area contributed by atoms with E-state index < -0.39 is 11.8 Å². The van der Waals surface area contributed by atoms with Crippen molar-refractivity contribution < 1.29 is 23.8 Å². The molecule has 2 aromatic heterocycles. The molecule has 1 aliphatic heterocycles. The van der Waals surface area contributed by atoms with Gasteiger partial charge in [0.25, 0.3) is 0 Å². The van der Waals surface area contributed by atoms with Crippen LogP contribution in [0.5, 0.6) is 5.88 Å². The number of hydrogen-bond donors (Lipinski definition) is 1. The SMILES string of the molecule is COCCn1c(CN2CCC(c3cccc(OCc4ccc(Cl)cc4F)n3)CC2)nnc1/C(C)=C/C(=O)O. The maximum Gasteiger partial charge on any atom is 0.328 e. The number of allylic oxidation sites excluding steroid dienone is 1. The molecule has 0 unspecified atom stereocenters. The van der Waals surface area contributed by atoms with Crippen LogP contribution in [0.15, 0.2) is 42.5 Å². The van der Waals surface area contributed by atoms with Crippen LogP contribution in [0.3, 0.4) is 0 Å². The number of likely N-dealkylation sites (tertiary alicyclic amines) is 1. The molecule has 1 N–H and O–H groups in total. The van der Waals surface area contributed by atoms with Gasteiger partial charge in [-0.2, -0.15) is 0 Å². The number of halogens is 2. The molecule has 9 nitrogen and oxygen atoms in total. The van der Waals surface area contributed by atoms with Gasteiger partial charge in [0.1, 0.15) is 18.2 Å². The zero-order valence-corrected chi connectivity index (χ0v) is 22.2. The molecule has 38 heavy (non-hydrogen) atoms. The third-order valence-electron chi connectivity index (χ3n) is 6.55. The van der Waals surface area contributed by atoms with Crippen LogP contribution in [-0.4, -0.2) is 62.5 Å². The summed E-state index contributed by atoms with van der Waals surface area (Å²) in [5.41, 5.74) is 1.92. The van der Waals surface area contributed by atoms with Gasteiger partial charge in [-0.05, 0) is 51.1 Å². The molecule has 0 atom stereocenters. The lowest BCUT2D eigenvalue weighted by molar-refractivity contribution is -0.131. The van der Waals surface area contributed by atoms with E-state index in [2.05, 4.69) is 20.1 Å². The second kappa shape index (κ2) is 12.9. The molecule has 4 rings (SSSR count). The second-order valence-corrected chi connectivity index (χ2v) is 9.66. The van der Waals surface area contributed by atoms with Crippen LogP contribution in [0, 0.1) is 5.82 Å². The van der Waals surface area contributed by atoms with Gasteiger partial charge in [0, 0.05) is 53.6 Å². The quantitative estimate of drug-likeness (QED) is 0.351. The summed E-state index contributed by atoms with van der Waals surface area (Å²) in [5, 5.41) is 18.1. The maximum absolute atomic E-state index is 14.1. The molecule has 1 fully saturated rings. The summed E-state index contributed by atoms with van der Waals surface area (Å²) in [4.78, 5) is 18.1. The molecule has 1 aromatic carbocycles. The Morgan fingerprint density at radius 2 is 2.03 bits per heavy atom. The van der Waals surface area contributed by atoms with E-state index in [1.165, 1.54) is 6.07 Å². The first kappa shape index (κ1) is 27.7. The van der Waals surface area contributed by atoms with Crippen LogP contribution < -0.4 is 4.74 Å². The molecular weight excluding hydrogens is 513 g/mol. The Kier molecular flexibility index (Phi) is 9.43. The number of nitrogens with zero attached hydrogens (tertiary/aromatic N) is 5. The van der Waals surface area contributed by atoms with E-state index in [9.17, 15) is 9.18 Å².